The highest BCUT2D eigenvalue weighted by atomic mass is 16.5. The molecule has 2 fully saturated rings. The maximum Gasteiger partial charge on any atom is 0.267 e. The first-order chi connectivity index (χ1) is 16.3. The van der Waals surface area contributed by atoms with E-state index in [0.29, 0.717) is 37.6 Å². The van der Waals surface area contributed by atoms with Crippen LogP contribution in [0, 0.1) is 6.92 Å². The minimum absolute atomic E-state index is 0.0159. The van der Waals surface area contributed by atoms with Crippen LogP contribution in [-0.4, -0.2) is 65.1 Å². The fourth-order valence-electron chi connectivity index (χ4n) is 4.34. The van der Waals surface area contributed by atoms with E-state index in [2.05, 4.69) is 20.6 Å². The first kappa shape index (κ1) is 23.7. The number of aromatic nitrogens is 2. The van der Waals surface area contributed by atoms with Crippen molar-refractivity contribution in [3.05, 3.63) is 45.2 Å². The largest absolute Gasteiger partial charge is 0.378 e. The first-order valence-corrected chi connectivity index (χ1v) is 11.5. The number of hydrogen-bond donors (Lipinski definition) is 5. The Bertz CT molecular complexity index is 1130. The number of ether oxygens (including phenoxy) is 1. The van der Waals surface area contributed by atoms with Gasteiger partial charge in [-0.2, -0.15) is 4.98 Å². The smallest absolute Gasteiger partial charge is 0.267 e. The first-order valence-electron chi connectivity index (χ1n) is 11.5. The Hall–Kier alpha value is -3.44. The van der Waals surface area contributed by atoms with Gasteiger partial charge in [0, 0.05) is 36.4 Å². The zero-order valence-corrected chi connectivity index (χ0v) is 19.2. The molecule has 1 saturated heterocycles. The molecule has 182 valence electrons. The molecule has 0 radical (unpaired) electrons. The van der Waals surface area contributed by atoms with E-state index in [9.17, 15) is 14.4 Å². The highest BCUT2D eigenvalue weighted by molar-refractivity contribution is 5.99. The highest BCUT2D eigenvalue weighted by Gasteiger charge is 2.24. The van der Waals surface area contributed by atoms with Gasteiger partial charge >= 0.3 is 0 Å². The lowest BCUT2D eigenvalue weighted by Crippen LogP contribution is -2.43. The van der Waals surface area contributed by atoms with Gasteiger partial charge in [0.2, 0.25) is 5.95 Å². The van der Waals surface area contributed by atoms with E-state index in [1.807, 2.05) is 6.92 Å². The molecule has 34 heavy (non-hydrogen) atoms. The number of H-pyrrole nitrogens is 1. The number of primary amides is 1. The number of carbonyl (C=O) groups excluding carboxylic acids is 2. The third-order valence-corrected chi connectivity index (χ3v) is 6.34. The molecule has 2 aromatic rings. The number of nitrogens with one attached hydrogen (secondary N) is 3. The fourth-order valence-corrected chi connectivity index (χ4v) is 4.34. The molecule has 2 aliphatic rings. The van der Waals surface area contributed by atoms with E-state index in [1.54, 1.807) is 23.1 Å². The van der Waals surface area contributed by atoms with Gasteiger partial charge in [0.1, 0.15) is 5.56 Å². The van der Waals surface area contributed by atoms with Crippen molar-refractivity contribution in [2.75, 3.05) is 36.9 Å². The number of morpholine rings is 1. The number of nitrogens with zero attached hydrogens (tertiary/aromatic N) is 2. The molecular formula is C23H31N7O4. The number of aromatic amines is 1. The molecule has 0 unspecified atom stereocenters. The van der Waals surface area contributed by atoms with Gasteiger partial charge in [-0.3, -0.25) is 19.4 Å². The lowest BCUT2D eigenvalue weighted by atomic mass is 9.91. The molecule has 1 aliphatic heterocycles. The minimum atomic E-state index is -0.907. The summed E-state index contributed by atoms with van der Waals surface area (Å²) in [5, 5.41) is 6.25. The van der Waals surface area contributed by atoms with Gasteiger partial charge in [0.25, 0.3) is 17.4 Å². The van der Waals surface area contributed by atoms with Crippen LogP contribution in [0.15, 0.2) is 23.0 Å². The number of anilines is 3. The van der Waals surface area contributed by atoms with E-state index >= 15 is 0 Å². The Kier molecular flexibility index (Phi) is 7.13. The molecule has 7 N–H and O–H groups in total. The second-order valence-electron chi connectivity index (χ2n) is 8.76. The zero-order chi connectivity index (χ0) is 24.2. The summed E-state index contributed by atoms with van der Waals surface area (Å²) in [4.78, 5) is 46.5. The number of aryl methyl sites for hydroxylation is 1. The van der Waals surface area contributed by atoms with Crippen LogP contribution in [-0.2, 0) is 4.74 Å². The minimum Gasteiger partial charge on any atom is -0.378 e. The average Bonchev–Trinajstić information content (AvgIpc) is 2.81. The third kappa shape index (κ3) is 5.20. The van der Waals surface area contributed by atoms with Crippen molar-refractivity contribution >= 4 is 29.3 Å². The van der Waals surface area contributed by atoms with Crippen molar-refractivity contribution in [3.8, 4) is 0 Å². The zero-order valence-electron chi connectivity index (χ0n) is 19.2. The Labute approximate surface area is 197 Å². The quantitative estimate of drug-likeness (QED) is 0.418. The number of hydrogen-bond acceptors (Lipinski definition) is 8. The number of carbonyl (C=O) groups is 2. The SMILES string of the molecule is Cc1ccc(C(=O)N2CCOCC2)cc1Nc1nc(N[C@H]2CCCC[C@@H]2N)[nH]c(=O)c1C(N)=O. The van der Waals surface area contributed by atoms with Crippen molar-refractivity contribution in [1.29, 1.82) is 0 Å². The Morgan fingerprint density at radius 3 is 2.65 bits per heavy atom. The molecule has 1 aromatic heterocycles. The Morgan fingerprint density at radius 2 is 1.94 bits per heavy atom. The Balaban J connectivity index is 1.64. The van der Waals surface area contributed by atoms with Crippen LogP contribution >= 0.6 is 0 Å². The van der Waals surface area contributed by atoms with E-state index in [1.165, 1.54) is 0 Å². The molecule has 1 aliphatic carbocycles. The number of benzene rings is 1. The Morgan fingerprint density at radius 1 is 1.21 bits per heavy atom. The van der Waals surface area contributed by atoms with Crippen LogP contribution in [0.5, 0.6) is 0 Å². The van der Waals surface area contributed by atoms with Crippen LogP contribution in [0.3, 0.4) is 0 Å². The third-order valence-electron chi connectivity index (χ3n) is 6.34. The van der Waals surface area contributed by atoms with Gasteiger partial charge in [-0.05, 0) is 37.5 Å². The van der Waals surface area contributed by atoms with Gasteiger partial charge in [-0.15, -0.1) is 0 Å². The number of amides is 2. The average molecular weight is 470 g/mol. The molecule has 2 amide bonds. The van der Waals surface area contributed by atoms with Crippen LogP contribution in [0.1, 0.15) is 52.0 Å². The second kappa shape index (κ2) is 10.2. The predicted octanol–water partition coefficient (Wildman–Crippen LogP) is 1.08. The maximum atomic E-state index is 12.9. The van der Waals surface area contributed by atoms with Crippen LogP contribution in [0.4, 0.5) is 17.5 Å². The summed E-state index contributed by atoms with van der Waals surface area (Å²) in [6, 6.07) is 5.13. The molecule has 0 bridgehead atoms. The molecule has 11 heteroatoms. The number of nitrogens with two attached hydrogens (primary N) is 2. The number of rotatable bonds is 6. The predicted molar refractivity (Wildman–Crippen MR) is 128 cm³/mol. The molecule has 2 heterocycles. The van der Waals surface area contributed by atoms with Crippen molar-refractivity contribution in [2.45, 2.75) is 44.7 Å². The van der Waals surface area contributed by atoms with Gasteiger partial charge in [0.15, 0.2) is 5.82 Å². The maximum absolute atomic E-state index is 12.9. The van der Waals surface area contributed by atoms with E-state index in [-0.39, 0.29) is 35.3 Å². The molecule has 2 atom stereocenters. The molecule has 0 spiro atoms. The summed E-state index contributed by atoms with van der Waals surface area (Å²) in [5.41, 5.74) is 12.6. The molecule has 4 rings (SSSR count). The van der Waals surface area contributed by atoms with Crippen molar-refractivity contribution in [3.63, 3.8) is 0 Å². The van der Waals surface area contributed by atoms with E-state index in [0.717, 1.165) is 31.2 Å². The summed E-state index contributed by atoms with van der Waals surface area (Å²) in [6.07, 6.45) is 3.84. The van der Waals surface area contributed by atoms with Crippen LogP contribution in [0.25, 0.3) is 0 Å². The van der Waals surface area contributed by atoms with Gasteiger partial charge in [-0.1, -0.05) is 18.9 Å². The summed E-state index contributed by atoms with van der Waals surface area (Å²) in [6.45, 7) is 3.90. The van der Waals surface area contributed by atoms with Crippen molar-refractivity contribution in [2.24, 2.45) is 11.5 Å². The summed E-state index contributed by atoms with van der Waals surface area (Å²) < 4.78 is 5.32. The van der Waals surface area contributed by atoms with Crippen molar-refractivity contribution in [1.82, 2.24) is 14.9 Å². The lowest BCUT2D eigenvalue weighted by Gasteiger charge is -2.29. The van der Waals surface area contributed by atoms with Gasteiger partial charge in [0.05, 0.1) is 13.2 Å². The van der Waals surface area contributed by atoms with Crippen molar-refractivity contribution < 1.29 is 14.3 Å². The molecule has 1 aromatic carbocycles. The molecular weight excluding hydrogens is 438 g/mol. The lowest BCUT2D eigenvalue weighted by molar-refractivity contribution is 0.0303. The summed E-state index contributed by atoms with van der Waals surface area (Å²) in [7, 11) is 0. The monoisotopic (exact) mass is 469 g/mol. The molecule has 1 saturated carbocycles. The summed E-state index contributed by atoms with van der Waals surface area (Å²) in [5.74, 6) is -0.801. The second-order valence-corrected chi connectivity index (χ2v) is 8.76. The highest BCUT2D eigenvalue weighted by Crippen LogP contribution is 2.25. The van der Waals surface area contributed by atoms with Crippen LogP contribution in [0.2, 0.25) is 0 Å². The topological polar surface area (TPSA) is 168 Å². The standard InChI is InChI=1S/C23H31N7O4/c1-13-6-7-14(22(33)30-8-10-34-11-9-30)12-17(13)26-20-18(19(25)31)21(32)29-23(28-20)27-16-5-3-2-4-15(16)24/h6-7,12,15-16H,2-5,8-11,24H2,1H3,(H2,25,31)(H3,26,27,28,29,32)/t15-,16-/m0/s1. The van der Waals surface area contributed by atoms with Gasteiger partial charge < -0.3 is 31.7 Å². The van der Waals surface area contributed by atoms with Crippen LogP contribution < -0.4 is 27.7 Å². The fraction of sp³-hybridized carbons (Fsp3) is 0.478. The van der Waals surface area contributed by atoms with E-state index < -0.39 is 11.5 Å². The normalized spacial score (nSPS) is 20.6. The summed E-state index contributed by atoms with van der Waals surface area (Å²) >= 11 is 0. The molecule has 11 nitrogen and oxygen atoms in total. The van der Waals surface area contributed by atoms with Gasteiger partial charge in [-0.25, -0.2) is 0 Å². The van der Waals surface area contributed by atoms with E-state index in [4.69, 9.17) is 16.2 Å².